The van der Waals surface area contributed by atoms with Crippen molar-refractivity contribution in [2.45, 2.75) is 39.5 Å². The van der Waals surface area contributed by atoms with Gasteiger partial charge < -0.3 is 0 Å². The van der Waals surface area contributed by atoms with Crippen LogP contribution in [0.1, 0.15) is 31.1 Å². The number of aromatic nitrogens is 2. The Labute approximate surface area is 90.7 Å². The number of rotatable bonds is 3. The normalized spacial score (nSPS) is 13.3. The van der Waals surface area contributed by atoms with Crippen molar-refractivity contribution in [2.24, 2.45) is 5.92 Å². The summed E-state index contributed by atoms with van der Waals surface area (Å²) in [5.41, 5.74) is 2.06. The van der Waals surface area contributed by atoms with Gasteiger partial charge in [-0.05, 0) is 25.8 Å². The van der Waals surface area contributed by atoms with Crippen molar-refractivity contribution in [1.29, 1.82) is 0 Å². The molecule has 2 nitrogen and oxygen atoms in total. The molecule has 1 atom stereocenters. The zero-order valence-corrected chi connectivity index (χ0v) is 9.97. The summed E-state index contributed by atoms with van der Waals surface area (Å²) >= 11 is 6.19. The number of hydrogen-bond acceptors (Lipinski definition) is 2. The van der Waals surface area contributed by atoms with E-state index in [1.807, 2.05) is 19.9 Å². The van der Waals surface area contributed by atoms with E-state index in [4.69, 9.17) is 11.6 Å². The Hall–Kier alpha value is -0.630. The average molecular weight is 213 g/mol. The van der Waals surface area contributed by atoms with Crippen LogP contribution in [0.4, 0.5) is 0 Å². The minimum absolute atomic E-state index is 0.156. The predicted molar refractivity (Wildman–Crippen MR) is 59.7 cm³/mol. The fraction of sp³-hybridized carbons (Fsp3) is 0.636. The lowest BCUT2D eigenvalue weighted by atomic mass is 10.1. The van der Waals surface area contributed by atoms with Gasteiger partial charge in [-0.3, -0.25) is 0 Å². The van der Waals surface area contributed by atoms with Crippen molar-refractivity contribution < 1.29 is 0 Å². The van der Waals surface area contributed by atoms with Crippen molar-refractivity contribution >= 4 is 11.6 Å². The Morgan fingerprint density at radius 1 is 1.29 bits per heavy atom. The maximum absolute atomic E-state index is 6.19. The Morgan fingerprint density at radius 2 is 1.93 bits per heavy atom. The van der Waals surface area contributed by atoms with E-state index in [2.05, 4.69) is 23.8 Å². The van der Waals surface area contributed by atoms with Crippen LogP contribution in [0.2, 0.25) is 0 Å². The van der Waals surface area contributed by atoms with Gasteiger partial charge in [0, 0.05) is 23.2 Å². The van der Waals surface area contributed by atoms with E-state index in [0.717, 1.165) is 23.6 Å². The second-order valence-electron chi connectivity index (χ2n) is 4.01. The number of halogens is 1. The third-order valence-electron chi connectivity index (χ3n) is 2.15. The minimum atomic E-state index is 0.156. The molecular weight excluding hydrogens is 196 g/mol. The van der Waals surface area contributed by atoms with Gasteiger partial charge in [0.1, 0.15) is 5.82 Å². The molecule has 0 spiro atoms. The zero-order chi connectivity index (χ0) is 10.7. The van der Waals surface area contributed by atoms with Gasteiger partial charge in [-0.1, -0.05) is 13.8 Å². The summed E-state index contributed by atoms with van der Waals surface area (Å²) < 4.78 is 0. The summed E-state index contributed by atoms with van der Waals surface area (Å²) in [4.78, 5) is 8.59. The van der Waals surface area contributed by atoms with Crippen LogP contribution in [0.3, 0.4) is 0 Å². The first kappa shape index (κ1) is 11.4. The fourth-order valence-corrected chi connectivity index (χ4v) is 1.49. The van der Waals surface area contributed by atoms with Crippen LogP contribution in [0.15, 0.2) is 6.07 Å². The second kappa shape index (κ2) is 4.74. The summed E-state index contributed by atoms with van der Waals surface area (Å²) in [5, 5.41) is 0.156. The van der Waals surface area contributed by atoms with Crippen molar-refractivity contribution in [3.63, 3.8) is 0 Å². The zero-order valence-electron chi connectivity index (χ0n) is 9.21. The maximum atomic E-state index is 6.19. The first-order valence-electron chi connectivity index (χ1n) is 4.94. The average Bonchev–Trinajstić information content (AvgIpc) is 2.01. The molecule has 0 saturated heterocycles. The van der Waals surface area contributed by atoms with Crippen LogP contribution in [0, 0.1) is 19.8 Å². The molecule has 0 saturated carbocycles. The standard InChI is InChI=1S/C11H17ClN2/c1-7(2)11(12)6-10-5-8(3)13-9(4)14-10/h5,7,11H,6H2,1-4H3. The molecule has 0 aliphatic heterocycles. The van der Waals surface area contributed by atoms with E-state index in [1.54, 1.807) is 0 Å². The molecule has 0 N–H and O–H groups in total. The van der Waals surface area contributed by atoms with E-state index in [9.17, 15) is 0 Å². The van der Waals surface area contributed by atoms with Crippen LogP contribution in [0.25, 0.3) is 0 Å². The van der Waals surface area contributed by atoms with Gasteiger partial charge in [0.2, 0.25) is 0 Å². The molecule has 1 rings (SSSR count). The highest BCUT2D eigenvalue weighted by Gasteiger charge is 2.11. The fourth-order valence-electron chi connectivity index (χ4n) is 1.33. The molecule has 1 heterocycles. The third kappa shape index (κ3) is 3.26. The summed E-state index contributed by atoms with van der Waals surface area (Å²) in [6, 6.07) is 2.00. The molecule has 0 aromatic carbocycles. The third-order valence-corrected chi connectivity index (χ3v) is 2.80. The van der Waals surface area contributed by atoms with E-state index < -0.39 is 0 Å². The van der Waals surface area contributed by atoms with Gasteiger partial charge in [0.05, 0.1) is 0 Å². The second-order valence-corrected chi connectivity index (χ2v) is 4.57. The van der Waals surface area contributed by atoms with Gasteiger partial charge >= 0.3 is 0 Å². The van der Waals surface area contributed by atoms with Crippen LogP contribution in [-0.2, 0) is 6.42 Å². The SMILES string of the molecule is Cc1cc(CC(Cl)C(C)C)nc(C)n1. The highest BCUT2D eigenvalue weighted by Crippen LogP contribution is 2.15. The molecule has 0 aliphatic rings. The molecule has 14 heavy (non-hydrogen) atoms. The molecule has 0 radical (unpaired) electrons. The summed E-state index contributed by atoms with van der Waals surface area (Å²) in [5.74, 6) is 1.31. The van der Waals surface area contributed by atoms with Gasteiger partial charge in [-0.25, -0.2) is 9.97 Å². The molecule has 3 heteroatoms. The lowest BCUT2D eigenvalue weighted by molar-refractivity contribution is 0.589. The van der Waals surface area contributed by atoms with E-state index >= 15 is 0 Å². The van der Waals surface area contributed by atoms with Crippen molar-refractivity contribution in [3.05, 3.63) is 23.3 Å². The molecule has 78 valence electrons. The molecule has 0 bridgehead atoms. The topological polar surface area (TPSA) is 25.8 Å². The summed E-state index contributed by atoms with van der Waals surface area (Å²) in [6.07, 6.45) is 0.823. The van der Waals surface area contributed by atoms with Crippen LogP contribution >= 0.6 is 11.6 Å². The number of aryl methyl sites for hydroxylation is 2. The van der Waals surface area contributed by atoms with Gasteiger partial charge in [-0.2, -0.15) is 0 Å². The Balaban J connectivity index is 2.76. The lowest BCUT2D eigenvalue weighted by Gasteiger charge is -2.12. The van der Waals surface area contributed by atoms with Gasteiger partial charge in [0.15, 0.2) is 0 Å². The Kier molecular flexibility index (Phi) is 3.87. The molecule has 1 unspecified atom stereocenters. The maximum Gasteiger partial charge on any atom is 0.125 e. The van der Waals surface area contributed by atoms with Crippen LogP contribution in [-0.4, -0.2) is 15.3 Å². The van der Waals surface area contributed by atoms with E-state index in [0.29, 0.717) is 5.92 Å². The molecule has 0 amide bonds. The van der Waals surface area contributed by atoms with Crippen molar-refractivity contribution in [1.82, 2.24) is 9.97 Å². The highest BCUT2D eigenvalue weighted by atomic mass is 35.5. The first-order valence-corrected chi connectivity index (χ1v) is 5.38. The van der Waals surface area contributed by atoms with Gasteiger partial charge in [-0.15, -0.1) is 11.6 Å². The largest absolute Gasteiger partial charge is 0.239 e. The molecule has 1 aromatic heterocycles. The van der Waals surface area contributed by atoms with Crippen LogP contribution < -0.4 is 0 Å². The van der Waals surface area contributed by atoms with Crippen molar-refractivity contribution in [2.75, 3.05) is 0 Å². The first-order chi connectivity index (χ1) is 6.49. The molecule has 0 aliphatic carbocycles. The van der Waals surface area contributed by atoms with Crippen LogP contribution in [0.5, 0.6) is 0 Å². The molecule has 0 fully saturated rings. The number of nitrogens with zero attached hydrogens (tertiary/aromatic N) is 2. The monoisotopic (exact) mass is 212 g/mol. The smallest absolute Gasteiger partial charge is 0.125 e. The van der Waals surface area contributed by atoms with E-state index in [1.165, 1.54) is 0 Å². The van der Waals surface area contributed by atoms with Gasteiger partial charge in [0.25, 0.3) is 0 Å². The number of alkyl halides is 1. The quantitative estimate of drug-likeness (QED) is 0.721. The minimum Gasteiger partial charge on any atom is -0.239 e. The highest BCUT2D eigenvalue weighted by molar-refractivity contribution is 6.20. The van der Waals surface area contributed by atoms with E-state index in [-0.39, 0.29) is 5.38 Å². The Morgan fingerprint density at radius 3 is 2.43 bits per heavy atom. The molecule has 1 aromatic rings. The molecular formula is C11H17ClN2. The Bertz CT molecular complexity index is 290. The summed E-state index contributed by atoms with van der Waals surface area (Å²) in [7, 11) is 0. The summed E-state index contributed by atoms with van der Waals surface area (Å²) in [6.45, 7) is 8.14. The van der Waals surface area contributed by atoms with Crippen molar-refractivity contribution in [3.8, 4) is 0 Å². The predicted octanol–water partition coefficient (Wildman–Crippen LogP) is 2.90. The lowest BCUT2D eigenvalue weighted by Crippen LogP contribution is -2.13. The number of hydrogen-bond donors (Lipinski definition) is 0.